The number of rotatable bonds is 5. The minimum Gasteiger partial charge on any atom is -0.313 e. The van der Waals surface area contributed by atoms with Crippen molar-refractivity contribution in [3.05, 3.63) is 5.82 Å². The number of aryl methyl sites for hydroxylation is 1. The van der Waals surface area contributed by atoms with Crippen molar-refractivity contribution in [3.8, 4) is 0 Å². The van der Waals surface area contributed by atoms with E-state index in [1.54, 1.807) is 0 Å². The molecule has 2 rings (SSSR count). The van der Waals surface area contributed by atoms with Crippen molar-refractivity contribution < 1.29 is 0 Å². The van der Waals surface area contributed by atoms with Gasteiger partial charge < -0.3 is 9.88 Å². The fraction of sp³-hybridized carbons (Fsp3) is 0.867. The van der Waals surface area contributed by atoms with Gasteiger partial charge in [0.2, 0.25) is 0 Å². The van der Waals surface area contributed by atoms with Crippen molar-refractivity contribution in [3.63, 3.8) is 0 Å². The van der Waals surface area contributed by atoms with E-state index in [9.17, 15) is 0 Å². The normalized spacial score (nSPS) is 17.6. The molecule has 1 atom stereocenters. The van der Waals surface area contributed by atoms with Gasteiger partial charge in [0.15, 0.2) is 5.16 Å². The Hall–Kier alpha value is -0.550. The van der Waals surface area contributed by atoms with Crippen LogP contribution in [0.15, 0.2) is 5.16 Å². The third-order valence-electron chi connectivity index (χ3n) is 3.95. The van der Waals surface area contributed by atoms with Crippen LogP contribution in [0.2, 0.25) is 0 Å². The second-order valence-corrected chi connectivity index (χ2v) is 7.64. The number of hydrogen-bond acceptors (Lipinski definition) is 4. The van der Waals surface area contributed by atoms with Crippen LogP contribution in [-0.2, 0) is 13.0 Å². The highest BCUT2D eigenvalue weighted by Gasteiger charge is 2.25. The van der Waals surface area contributed by atoms with Gasteiger partial charge in [-0.15, -0.1) is 10.2 Å². The van der Waals surface area contributed by atoms with Gasteiger partial charge in [0.05, 0.1) is 0 Å². The van der Waals surface area contributed by atoms with E-state index in [0.717, 1.165) is 30.4 Å². The zero-order valence-electron chi connectivity index (χ0n) is 13.3. The summed E-state index contributed by atoms with van der Waals surface area (Å²) in [4.78, 5) is 0. The highest BCUT2D eigenvalue weighted by Crippen LogP contribution is 2.27. The highest BCUT2D eigenvalue weighted by atomic mass is 32.2. The van der Waals surface area contributed by atoms with Crippen LogP contribution in [0.5, 0.6) is 0 Å². The summed E-state index contributed by atoms with van der Waals surface area (Å²) < 4.78 is 2.34. The maximum absolute atomic E-state index is 4.40. The van der Waals surface area contributed by atoms with Crippen LogP contribution in [-0.4, -0.2) is 33.1 Å². The van der Waals surface area contributed by atoms with Crippen LogP contribution in [0.25, 0.3) is 0 Å². The van der Waals surface area contributed by atoms with E-state index in [2.05, 4.69) is 47.8 Å². The second kappa shape index (κ2) is 6.94. The Morgan fingerprint density at radius 1 is 1.25 bits per heavy atom. The van der Waals surface area contributed by atoms with Gasteiger partial charge in [0.1, 0.15) is 5.82 Å². The van der Waals surface area contributed by atoms with Gasteiger partial charge in [-0.05, 0) is 24.8 Å². The summed E-state index contributed by atoms with van der Waals surface area (Å²) in [5.74, 6) is 2.23. The van der Waals surface area contributed by atoms with Crippen LogP contribution < -0.4 is 5.32 Å². The summed E-state index contributed by atoms with van der Waals surface area (Å²) in [5, 5.41) is 13.5. The van der Waals surface area contributed by atoms with Crippen LogP contribution in [0.4, 0.5) is 0 Å². The molecular formula is C15H28N4S. The molecule has 0 aliphatic carbocycles. The largest absolute Gasteiger partial charge is 0.313 e. The molecule has 0 amide bonds. The standard InChI is InChI=1S/C15H28N4S/c1-5-16-12(15(2,3)4)11-20-14-18-17-13-9-7-6-8-10-19(13)14/h12,16H,5-11H2,1-4H3. The van der Waals surface area contributed by atoms with Crippen molar-refractivity contribution in [1.82, 2.24) is 20.1 Å². The molecule has 0 aromatic carbocycles. The van der Waals surface area contributed by atoms with E-state index < -0.39 is 0 Å². The van der Waals surface area contributed by atoms with Gasteiger partial charge in [0, 0.05) is 24.8 Å². The van der Waals surface area contributed by atoms with Gasteiger partial charge in [-0.25, -0.2) is 0 Å². The molecule has 0 bridgehead atoms. The quantitative estimate of drug-likeness (QED) is 0.848. The first-order chi connectivity index (χ1) is 9.52. The zero-order valence-corrected chi connectivity index (χ0v) is 14.1. The average Bonchev–Trinajstić information content (AvgIpc) is 2.61. The second-order valence-electron chi connectivity index (χ2n) is 6.65. The Morgan fingerprint density at radius 2 is 2.05 bits per heavy atom. The lowest BCUT2D eigenvalue weighted by Gasteiger charge is -2.31. The molecule has 1 aliphatic rings. The Bertz CT molecular complexity index is 422. The third-order valence-corrected chi connectivity index (χ3v) is 5.01. The number of nitrogens with one attached hydrogen (secondary N) is 1. The van der Waals surface area contributed by atoms with Crippen molar-refractivity contribution in [1.29, 1.82) is 0 Å². The third kappa shape index (κ3) is 3.98. The molecule has 1 N–H and O–H groups in total. The maximum atomic E-state index is 4.40. The van der Waals surface area contributed by atoms with Crippen molar-refractivity contribution in [2.45, 2.75) is 71.1 Å². The number of nitrogens with zero attached hydrogens (tertiary/aromatic N) is 3. The molecule has 0 spiro atoms. The van der Waals surface area contributed by atoms with Crippen molar-refractivity contribution >= 4 is 11.8 Å². The first-order valence-corrected chi connectivity index (χ1v) is 8.79. The predicted molar refractivity (Wildman–Crippen MR) is 85.2 cm³/mol. The fourth-order valence-electron chi connectivity index (χ4n) is 2.58. The van der Waals surface area contributed by atoms with E-state index in [0.29, 0.717) is 6.04 Å². The van der Waals surface area contributed by atoms with Crippen LogP contribution in [0.3, 0.4) is 0 Å². The molecule has 4 nitrogen and oxygen atoms in total. The first-order valence-electron chi connectivity index (χ1n) is 7.80. The lowest BCUT2D eigenvalue weighted by molar-refractivity contribution is 0.295. The number of aromatic nitrogens is 3. The summed E-state index contributed by atoms with van der Waals surface area (Å²) in [7, 11) is 0. The van der Waals surface area contributed by atoms with E-state index in [1.165, 1.54) is 25.1 Å². The van der Waals surface area contributed by atoms with Gasteiger partial charge in [-0.1, -0.05) is 45.9 Å². The van der Waals surface area contributed by atoms with Gasteiger partial charge >= 0.3 is 0 Å². The number of fused-ring (bicyclic) bond motifs is 1. The molecule has 1 aromatic heterocycles. The minimum absolute atomic E-state index is 0.269. The highest BCUT2D eigenvalue weighted by molar-refractivity contribution is 7.99. The van der Waals surface area contributed by atoms with Crippen LogP contribution in [0.1, 0.15) is 52.8 Å². The molecule has 1 aliphatic heterocycles. The number of hydrogen-bond donors (Lipinski definition) is 1. The summed E-state index contributed by atoms with van der Waals surface area (Å²) in [5.41, 5.74) is 0.269. The average molecular weight is 296 g/mol. The molecule has 1 unspecified atom stereocenters. The molecule has 0 saturated heterocycles. The Balaban J connectivity index is 2.01. The van der Waals surface area contributed by atoms with E-state index in [-0.39, 0.29) is 5.41 Å². The number of thioether (sulfide) groups is 1. The molecule has 114 valence electrons. The van der Waals surface area contributed by atoms with Gasteiger partial charge in [-0.3, -0.25) is 0 Å². The predicted octanol–water partition coefficient (Wildman–Crippen LogP) is 3.12. The van der Waals surface area contributed by atoms with Gasteiger partial charge in [0.25, 0.3) is 0 Å². The van der Waals surface area contributed by atoms with Crippen LogP contribution in [0, 0.1) is 5.41 Å². The Kier molecular flexibility index (Phi) is 5.49. The molecule has 2 heterocycles. The minimum atomic E-state index is 0.269. The molecule has 5 heteroatoms. The van der Waals surface area contributed by atoms with E-state index in [1.807, 2.05) is 11.8 Å². The molecule has 1 aromatic rings. The van der Waals surface area contributed by atoms with E-state index >= 15 is 0 Å². The molecular weight excluding hydrogens is 268 g/mol. The Labute approximate surface area is 127 Å². The Morgan fingerprint density at radius 3 is 2.75 bits per heavy atom. The lowest BCUT2D eigenvalue weighted by Crippen LogP contribution is -2.42. The fourth-order valence-corrected chi connectivity index (χ4v) is 3.97. The van der Waals surface area contributed by atoms with Crippen molar-refractivity contribution in [2.24, 2.45) is 5.41 Å². The summed E-state index contributed by atoms with van der Waals surface area (Å²) in [6, 6.07) is 0.497. The molecule has 0 saturated carbocycles. The van der Waals surface area contributed by atoms with Gasteiger partial charge in [-0.2, -0.15) is 0 Å². The summed E-state index contributed by atoms with van der Waals surface area (Å²) in [6.45, 7) is 11.2. The van der Waals surface area contributed by atoms with Crippen molar-refractivity contribution in [2.75, 3.05) is 12.3 Å². The maximum Gasteiger partial charge on any atom is 0.191 e. The lowest BCUT2D eigenvalue weighted by atomic mass is 9.88. The smallest absolute Gasteiger partial charge is 0.191 e. The zero-order chi connectivity index (χ0) is 14.6. The summed E-state index contributed by atoms with van der Waals surface area (Å²) in [6.07, 6.45) is 4.91. The SMILES string of the molecule is CCNC(CSc1nnc2n1CCCCC2)C(C)(C)C. The summed E-state index contributed by atoms with van der Waals surface area (Å²) >= 11 is 1.85. The monoisotopic (exact) mass is 296 g/mol. The van der Waals surface area contributed by atoms with Crippen LogP contribution >= 0.6 is 11.8 Å². The van der Waals surface area contributed by atoms with E-state index in [4.69, 9.17) is 0 Å². The molecule has 0 fully saturated rings. The first kappa shape index (κ1) is 15.8. The molecule has 20 heavy (non-hydrogen) atoms. The molecule has 0 radical (unpaired) electrons. The topological polar surface area (TPSA) is 42.7 Å².